The van der Waals surface area contributed by atoms with Crippen LogP contribution in [0.3, 0.4) is 0 Å². The summed E-state index contributed by atoms with van der Waals surface area (Å²) in [6.45, 7) is 0. The van der Waals surface area contributed by atoms with Crippen LogP contribution in [0.15, 0.2) is 30.6 Å². The van der Waals surface area contributed by atoms with Gasteiger partial charge in [-0.25, -0.2) is 0 Å². The standard InChI is InChI=1S/C15H20N3O2S.K/c16-8-7-11(9-17)12-5-6-13(21-12)15(20)18-14(19)10-3-1-2-4-10;/h5-10,14H,1-4,16-17H2,(H,18,20);/q-1;+1/b8-7-,11-9+;. The molecule has 1 fully saturated rings. The summed E-state index contributed by atoms with van der Waals surface area (Å²) in [4.78, 5) is 13.4. The van der Waals surface area contributed by atoms with Gasteiger partial charge in [-0.15, -0.1) is 11.3 Å². The summed E-state index contributed by atoms with van der Waals surface area (Å²) in [5.74, 6) is -0.251. The fourth-order valence-electron chi connectivity index (χ4n) is 2.52. The van der Waals surface area contributed by atoms with E-state index in [1.165, 1.54) is 23.7 Å². The molecule has 5 N–H and O–H groups in total. The van der Waals surface area contributed by atoms with Crippen molar-refractivity contribution in [3.05, 3.63) is 40.4 Å². The first kappa shape index (κ1) is 19.9. The number of rotatable bonds is 5. The predicted molar refractivity (Wildman–Crippen MR) is 83.0 cm³/mol. The molecular weight excluding hydrogens is 325 g/mol. The Kier molecular flexibility index (Phi) is 8.92. The molecule has 0 saturated heterocycles. The first-order valence-electron chi connectivity index (χ1n) is 7.02. The normalized spacial score (nSPS) is 17.4. The first-order valence-corrected chi connectivity index (χ1v) is 7.84. The average molecular weight is 346 g/mol. The Bertz CT molecular complexity index is 551. The van der Waals surface area contributed by atoms with E-state index in [4.69, 9.17) is 11.5 Å². The van der Waals surface area contributed by atoms with Crippen LogP contribution in [0.5, 0.6) is 0 Å². The molecule has 114 valence electrons. The fraction of sp³-hybridized carbons (Fsp3) is 0.400. The van der Waals surface area contributed by atoms with Crippen LogP contribution >= 0.6 is 11.3 Å². The summed E-state index contributed by atoms with van der Waals surface area (Å²) in [6.07, 6.45) is 7.47. The molecule has 1 aromatic heterocycles. The van der Waals surface area contributed by atoms with Gasteiger partial charge in [0.15, 0.2) is 0 Å². The predicted octanol–water partition coefficient (Wildman–Crippen LogP) is -1.87. The third-order valence-electron chi connectivity index (χ3n) is 3.67. The van der Waals surface area contributed by atoms with Gasteiger partial charge in [-0.1, -0.05) is 12.8 Å². The van der Waals surface area contributed by atoms with Crippen LogP contribution in [-0.2, 0) is 0 Å². The molecule has 2 rings (SSSR count). The van der Waals surface area contributed by atoms with Crippen molar-refractivity contribution in [1.82, 2.24) is 5.32 Å². The molecule has 1 aliphatic rings. The molecule has 0 bridgehead atoms. The third kappa shape index (κ3) is 5.19. The molecule has 1 heterocycles. The Morgan fingerprint density at radius 3 is 2.55 bits per heavy atom. The minimum Gasteiger partial charge on any atom is -0.836 e. The van der Waals surface area contributed by atoms with Crippen molar-refractivity contribution in [2.24, 2.45) is 17.4 Å². The van der Waals surface area contributed by atoms with E-state index >= 15 is 0 Å². The van der Waals surface area contributed by atoms with Gasteiger partial charge in [-0.3, -0.25) is 4.79 Å². The van der Waals surface area contributed by atoms with E-state index in [9.17, 15) is 9.90 Å². The Morgan fingerprint density at radius 2 is 1.95 bits per heavy atom. The Labute approximate surface area is 177 Å². The second-order valence-corrected chi connectivity index (χ2v) is 6.17. The van der Waals surface area contributed by atoms with E-state index in [2.05, 4.69) is 5.32 Å². The zero-order valence-corrected chi connectivity index (χ0v) is 16.7. The smallest absolute Gasteiger partial charge is 0.836 e. The molecule has 0 spiro atoms. The maximum atomic E-state index is 12.1. The van der Waals surface area contributed by atoms with Crippen molar-refractivity contribution in [3.63, 3.8) is 0 Å². The number of thiophene rings is 1. The summed E-state index contributed by atoms with van der Waals surface area (Å²) in [7, 11) is 0. The average Bonchev–Trinajstić information content (AvgIpc) is 3.15. The molecule has 1 saturated carbocycles. The van der Waals surface area contributed by atoms with Crippen molar-refractivity contribution in [2.75, 3.05) is 0 Å². The van der Waals surface area contributed by atoms with Gasteiger partial charge in [0.05, 0.1) is 4.88 Å². The minimum absolute atomic E-state index is 0. The van der Waals surface area contributed by atoms with Crippen LogP contribution < -0.4 is 73.3 Å². The largest absolute Gasteiger partial charge is 1.00 e. The molecule has 1 aromatic rings. The number of carbonyl (C=O) groups excluding carboxylic acids is 1. The van der Waals surface area contributed by atoms with Crippen LogP contribution in [0.25, 0.3) is 5.57 Å². The van der Waals surface area contributed by atoms with E-state index in [0.717, 1.165) is 36.1 Å². The summed E-state index contributed by atoms with van der Waals surface area (Å²) < 4.78 is 0. The van der Waals surface area contributed by atoms with Gasteiger partial charge in [0.25, 0.3) is 5.91 Å². The zero-order chi connectivity index (χ0) is 15.2. The third-order valence-corrected chi connectivity index (χ3v) is 4.80. The maximum absolute atomic E-state index is 12.1. The summed E-state index contributed by atoms with van der Waals surface area (Å²) in [5.41, 5.74) is 11.6. The Balaban J connectivity index is 0.00000242. The van der Waals surface area contributed by atoms with Crippen molar-refractivity contribution >= 4 is 22.8 Å². The first-order chi connectivity index (χ1) is 10.2. The molecule has 5 nitrogen and oxygen atoms in total. The SMILES string of the molecule is N/C=C\C(=C/N)c1ccc(C(=O)NC([O-])C2CCCC2)s1.[K+]. The summed E-state index contributed by atoms with van der Waals surface area (Å²) in [5, 5.41) is 14.6. The number of hydrogen-bond donors (Lipinski definition) is 3. The monoisotopic (exact) mass is 345 g/mol. The molecule has 1 amide bonds. The van der Waals surface area contributed by atoms with Crippen LogP contribution in [0.2, 0.25) is 0 Å². The molecule has 1 aliphatic carbocycles. The molecule has 1 atom stereocenters. The maximum Gasteiger partial charge on any atom is 1.00 e. The molecule has 0 aromatic carbocycles. The summed E-state index contributed by atoms with van der Waals surface area (Å²) >= 11 is 1.29. The van der Waals surface area contributed by atoms with Gasteiger partial charge >= 0.3 is 51.4 Å². The quantitative estimate of drug-likeness (QED) is 0.330. The van der Waals surface area contributed by atoms with Crippen molar-refractivity contribution in [3.8, 4) is 0 Å². The van der Waals surface area contributed by atoms with Gasteiger partial charge < -0.3 is 21.9 Å². The number of nitrogens with two attached hydrogens (primary N) is 2. The van der Waals surface area contributed by atoms with E-state index in [1.807, 2.05) is 0 Å². The molecule has 22 heavy (non-hydrogen) atoms. The minimum atomic E-state index is -1.01. The van der Waals surface area contributed by atoms with Crippen LogP contribution in [-0.4, -0.2) is 12.1 Å². The van der Waals surface area contributed by atoms with E-state index in [0.29, 0.717) is 4.88 Å². The Morgan fingerprint density at radius 1 is 1.32 bits per heavy atom. The summed E-state index contributed by atoms with van der Waals surface area (Å²) in [6, 6.07) is 3.50. The van der Waals surface area contributed by atoms with E-state index < -0.39 is 6.23 Å². The fourth-order valence-corrected chi connectivity index (χ4v) is 3.43. The van der Waals surface area contributed by atoms with Crippen molar-refractivity contribution < 1.29 is 61.3 Å². The van der Waals surface area contributed by atoms with Crippen molar-refractivity contribution in [2.45, 2.75) is 31.9 Å². The second kappa shape index (κ2) is 9.87. The molecule has 1 unspecified atom stereocenters. The Hall–Kier alpha value is -0.154. The van der Waals surface area contributed by atoms with Crippen LogP contribution in [0, 0.1) is 5.92 Å². The number of allylic oxidation sites excluding steroid dienone is 2. The van der Waals surface area contributed by atoms with Crippen molar-refractivity contribution in [1.29, 1.82) is 0 Å². The van der Waals surface area contributed by atoms with Gasteiger partial charge in [0.2, 0.25) is 0 Å². The van der Waals surface area contributed by atoms with Crippen LogP contribution in [0.4, 0.5) is 0 Å². The van der Waals surface area contributed by atoms with Crippen LogP contribution in [0.1, 0.15) is 40.2 Å². The molecule has 7 heteroatoms. The zero-order valence-electron chi connectivity index (χ0n) is 12.7. The number of nitrogens with one attached hydrogen (secondary N) is 1. The molecule has 0 radical (unpaired) electrons. The topological polar surface area (TPSA) is 104 Å². The van der Waals surface area contributed by atoms with E-state index in [-0.39, 0.29) is 63.2 Å². The van der Waals surface area contributed by atoms with Gasteiger partial charge in [-0.2, -0.15) is 0 Å². The van der Waals surface area contributed by atoms with E-state index in [1.54, 1.807) is 18.2 Å². The number of amides is 1. The molecule has 0 aliphatic heterocycles. The molecular formula is C15H20KN3O2S. The number of hydrogen-bond acceptors (Lipinski definition) is 5. The van der Waals surface area contributed by atoms with Gasteiger partial charge in [0, 0.05) is 16.7 Å². The number of carbonyl (C=O) groups is 1. The second-order valence-electron chi connectivity index (χ2n) is 5.08. The van der Waals surface area contributed by atoms with Gasteiger partial charge in [-0.05, 0) is 49.4 Å². The van der Waals surface area contributed by atoms with Gasteiger partial charge in [0.1, 0.15) is 0 Å².